The lowest BCUT2D eigenvalue weighted by molar-refractivity contribution is -0.0542. The summed E-state index contributed by atoms with van der Waals surface area (Å²) in [6.07, 6.45) is 6.53. The molecule has 0 saturated carbocycles. The van der Waals surface area contributed by atoms with Crippen LogP contribution in [0, 0.1) is 6.42 Å². The number of ether oxygens (including phenoxy) is 1. The molecule has 1 unspecified atom stereocenters. The van der Waals surface area contributed by atoms with Crippen LogP contribution in [0.5, 0.6) is 0 Å². The van der Waals surface area contributed by atoms with Crippen LogP contribution in [0.2, 0.25) is 0 Å². The fourth-order valence-electron chi connectivity index (χ4n) is 0.865. The van der Waals surface area contributed by atoms with Crippen LogP contribution in [0.3, 0.4) is 0 Å². The average Bonchev–Trinajstić information content (AvgIpc) is 1.63. The predicted octanol–water partition coefficient (Wildman–Crippen LogP) is 1.78. The Morgan fingerprint density at radius 3 is 2.88 bits per heavy atom. The number of unbranched alkanes of at least 4 members (excludes halogenated alkanes) is 1. The van der Waals surface area contributed by atoms with E-state index >= 15 is 0 Å². The summed E-state index contributed by atoms with van der Waals surface area (Å²) >= 11 is 0. The third kappa shape index (κ3) is 1.48. The van der Waals surface area contributed by atoms with Crippen molar-refractivity contribution in [1.82, 2.24) is 0 Å². The van der Waals surface area contributed by atoms with Crippen LogP contribution in [0.15, 0.2) is 0 Å². The molecule has 1 aliphatic heterocycles. The monoisotopic (exact) mass is 113 g/mol. The van der Waals surface area contributed by atoms with Gasteiger partial charge in [0.1, 0.15) is 0 Å². The zero-order chi connectivity index (χ0) is 5.82. The quantitative estimate of drug-likeness (QED) is 0.542. The van der Waals surface area contributed by atoms with Crippen molar-refractivity contribution in [3.05, 3.63) is 6.42 Å². The van der Waals surface area contributed by atoms with E-state index in [1.807, 2.05) is 0 Å². The van der Waals surface area contributed by atoms with Gasteiger partial charge in [-0.15, -0.1) is 0 Å². The minimum absolute atomic E-state index is 0.603. The zero-order valence-corrected chi connectivity index (χ0v) is 5.39. The summed E-state index contributed by atoms with van der Waals surface area (Å²) in [7, 11) is 0. The molecule has 1 heterocycles. The predicted molar refractivity (Wildman–Crippen MR) is 33.6 cm³/mol. The molecule has 0 amide bonds. The lowest BCUT2D eigenvalue weighted by Gasteiger charge is -2.25. The van der Waals surface area contributed by atoms with Crippen LogP contribution < -0.4 is 0 Å². The minimum atomic E-state index is 0.603. The summed E-state index contributed by atoms with van der Waals surface area (Å²) in [5.41, 5.74) is 0. The van der Waals surface area contributed by atoms with Gasteiger partial charge in [0.25, 0.3) is 0 Å². The summed E-state index contributed by atoms with van der Waals surface area (Å²) in [4.78, 5) is 0. The maximum atomic E-state index is 5.21. The van der Waals surface area contributed by atoms with Crippen molar-refractivity contribution in [1.29, 1.82) is 0 Å². The molecule has 1 nitrogen and oxygen atoms in total. The standard InChI is InChI=1S/C7H13O/c1-2-3-4-7-5-6-8-7/h2,7H,3-6H2,1H3. The maximum absolute atomic E-state index is 5.21. The van der Waals surface area contributed by atoms with Gasteiger partial charge in [-0.2, -0.15) is 0 Å². The van der Waals surface area contributed by atoms with Gasteiger partial charge in [-0.3, -0.25) is 0 Å². The van der Waals surface area contributed by atoms with Crippen molar-refractivity contribution >= 4 is 0 Å². The van der Waals surface area contributed by atoms with E-state index in [-0.39, 0.29) is 0 Å². The first-order chi connectivity index (χ1) is 3.93. The van der Waals surface area contributed by atoms with Gasteiger partial charge in [0, 0.05) is 6.61 Å². The van der Waals surface area contributed by atoms with Crippen molar-refractivity contribution in [2.75, 3.05) is 6.61 Å². The second kappa shape index (κ2) is 3.08. The van der Waals surface area contributed by atoms with E-state index in [1.54, 1.807) is 0 Å². The van der Waals surface area contributed by atoms with Gasteiger partial charge in [0.15, 0.2) is 0 Å². The molecule has 0 aromatic carbocycles. The lowest BCUT2D eigenvalue weighted by Crippen LogP contribution is -2.26. The molecule has 0 N–H and O–H groups in total. The first kappa shape index (κ1) is 6.09. The molecule has 1 radical (unpaired) electrons. The van der Waals surface area contributed by atoms with Crippen molar-refractivity contribution in [2.45, 2.75) is 32.3 Å². The number of hydrogen-bond acceptors (Lipinski definition) is 1. The van der Waals surface area contributed by atoms with Crippen LogP contribution in [0.25, 0.3) is 0 Å². The fraction of sp³-hybridized carbons (Fsp3) is 0.857. The molecular formula is C7H13O. The van der Waals surface area contributed by atoms with Gasteiger partial charge in [0.05, 0.1) is 6.10 Å². The zero-order valence-electron chi connectivity index (χ0n) is 5.39. The van der Waals surface area contributed by atoms with E-state index in [2.05, 4.69) is 13.3 Å². The Morgan fingerprint density at radius 1 is 1.75 bits per heavy atom. The first-order valence-corrected chi connectivity index (χ1v) is 3.33. The molecule has 1 aliphatic rings. The second-order valence-corrected chi connectivity index (χ2v) is 2.27. The van der Waals surface area contributed by atoms with Gasteiger partial charge in [-0.05, 0) is 25.7 Å². The Morgan fingerprint density at radius 2 is 2.50 bits per heavy atom. The maximum Gasteiger partial charge on any atom is 0.0597 e. The van der Waals surface area contributed by atoms with Crippen molar-refractivity contribution in [2.24, 2.45) is 0 Å². The van der Waals surface area contributed by atoms with Crippen LogP contribution in [-0.4, -0.2) is 12.7 Å². The lowest BCUT2D eigenvalue weighted by atomic mass is 10.1. The van der Waals surface area contributed by atoms with E-state index in [4.69, 9.17) is 4.74 Å². The highest BCUT2D eigenvalue weighted by molar-refractivity contribution is 4.69. The summed E-state index contributed by atoms with van der Waals surface area (Å²) in [5.74, 6) is 0. The molecule has 1 atom stereocenters. The topological polar surface area (TPSA) is 9.23 Å². The van der Waals surface area contributed by atoms with Crippen LogP contribution >= 0.6 is 0 Å². The molecule has 0 bridgehead atoms. The van der Waals surface area contributed by atoms with Gasteiger partial charge in [0.2, 0.25) is 0 Å². The Labute approximate surface area is 51.0 Å². The van der Waals surface area contributed by atoms with E-state index in [0.29, 0.717) is 6.10 Å². The second-order valence-electron chi connectivity index (χ2n) is 2.27. The van der Waals surface area contributed by atoms with Crippen molar-refractivity contribution < 1.29 is 4.74 Å². The van der Waals surface area contributed by atoms with Crippen molar-refractivity contribution in [3.8, 4) is 0 Å². The van der Waals surface area contributed by atoms with Crippen LogP contribution in [0.4, 0.5) is 0 Å². The first-order valence-electron chi connectivity index (χ1n) is 3.33. The summed E-state index contributed by atoms with van der Waals surface area (Å²) in [6, 6.07) is 0. The number of hydrogen-bond donors (Lipinski definition) is 0. The van der Waals surface area contributed by atoms with Gasteiger partial charge in [-0.25, -0.2) is 0 Å². The molecule has 0 aromatic heterocycles. The van der Waals surface area contributed by atoms with E-state index < -0.39 is 0 Å². The summed E-state index contributed by atoms with van der Waals surface area (Å²) in [5, 5.41) is 0. The van der Waals surface area contributed by atoms with Gasteiger partial charge < -0.3 is 4.74 Å². The molecule has 1 heteroatoms. The molecule has 0 aromatic rings. The smallest absolute Gasteiger partial charge is 0.0597 e. The molecule has 1 fully saturated rings. The van der Waals surface area contributed by atoms with Crippen LogP contribution in [-0.2, 0) is 4.74 Å². The van der Waals surface area contributed by atoms with E-state index in [0.717, 1.165) is 6.61 Å². The highest BCUT2D eigenvalue weighted by Gasteiger charge is 2.16. The summed E-state index contributed by atoms with van der Waals surface area (Å²) < 4.78 is 5.21. The fourth-order valence-corrected chi connectivity index (χ4v) is 0.865. The minimum Gasteiger partial charge on any atom is -0.378 e. The summed E-state index contributed by atoms with van der Waals surface area (Å²) in [6.45, 7) is 3.09. The molecule has 1 saturated heterocycles. The Kier molecular flexibility index (Phi) is 2.34. The highest BCUT2D eigenvalue weighted by atomic mass is 16.5. The molecule has 0 aliphatic carbocycles. The third-order valence-corrected chi connectivity index (χ3v) is 1.57. The molecular weight excluding hydrogens is 100 g/mol. The average molecular weight is 113 g/mol. The number of rotatable bonds is 3. The van der Waals surface area contributed by atoms with E-state index in [1.165, 1.54) is 19.3 Å². The molecule has 47 valence electrons. The largest absolute Gasteiger partial charge is 0.378 e. The molecule has 8 heavy (non-hydrogen) atoms. The Bertz CT molecular complexity index is 57.4. The SMILES string of the molecule is C[CH]CCC1CCO1. The Hall–Kier alpha value is -0.0400. The third-order valence-electron chi connectivity index (χ3n) is 1.57. The van der Waals surface area contributed by atoms with E-state index in [9.17, 15) is 0 Å². The highest BCUT2D eigenvalue weighted by Crippen LogP contribution is 2.16. The Balaban J connectivity index is 1.86. The van der Waals surface area contributed by atoms with Gasteiger partial charge in [-0.1, -0.05) is 6.92 Å². The molecule has 0 spiro atoms. The molecule has 1 rings (SSSR count). The van der Waals surface area contributed by atoms with Crippen LogP contribution in [0.1, 0.15) is 26.2 Å². The van der Waals surface area contributed by atoms with Crippen molar-refractivity contribution in [3.63, 3.8) is 0 Å². The van der Waals surface area contributed by atoms with Gasteiger partial charge >= 0.3 is 0 Å². The normalized spacial score (nSPS) is 27.4.